The molecule has 222 valence electrons. The summed E-state index contributed by atoms with van der Waals surface area (Å²) in [5.41, 5.74) is -0.572. The number of rotatable bonds is 13. The first-order valence-corrected chi connectivity index (χ1v) is 13.3. The fourth-order valence-electron chi connectivity index (χ4n) is 4.71. The molecule has 10 nitrogen and oxygen atoms in total. The predicted octanol–water partition coefficient (Wildman–Crippen LogP) is 2.74. The van der Waals surface area contributed by atoms with Gasteiger partial charge >= 0.3 is 0 Å². The van der Waals surface area contributed by atoms with Crippen molar-refractivity contribution in [2.45, 2.75) is 25.1 Å². The van der Waals surface area contributed by atoms with Crippen molar-refractivity contribution in [1.29, 1.82) is 0 Å². The molecule has 1 aliphatic rings. The van der Waals surface area contributed by atoms with E-state index in [1.165, 1.54) is 18.1 Å². The number of nitrogens with zero attached hydrogens (tertiary/aromatic N) is 4. The fraction of sp³-hybridized carbons (Fsp3) is 0.448. The molecule has 1 amide bonds. The van der Waals surface area contributed by atoms with Crippen molar-refractivity contribution in [2.75, 3.05) is 60.2 Å². The molecule has 2 aromatic carbocycles. The molecule has 0 saturated carbocycles. The van der Waals surface area contributed by atoms with Crippen LogP contribution >= 0.6 is 0 Å². The molecule has 1 N–H and O–H groups in total. The standard InChI is InChI=1S/C29H36F2N4O6/c1-38-18-28(36)34-13-12-33(19-29(37,20-34)21-41-23-6-7-24(30)25(31)16-23)17-22-5-8-26(39-2)27(15-22)40-14-4-11-35-10-3-9-32-35/h3,5-10,15-16,37H,4,11-14,17-21H2,1-2H3/t29-/m0/s1. The summed E-state index contributed by atoms with van der Waals surface area (Å²) in [6, 6.07) is 10.7. The minimum Gasteiger partial charge on any atom is -0.493 e. The highest BCUT2D eigenvalue weighted by molar-refractivity contribution is 5.77. The van der Waals surface area contributed by atoms with E-state index >= 15 is 0 Å². The van der Waals surface area contributed by atoms with Gasteiger partial charge in [0.15, 0.2) is 23.1 Å². The van der Waals surface area contributed by atoms with Gasteiger partial charge in [-0.1, -0.05) is 6.07 Å². The third-order valence-corrected chi connectivity index (χ3v) is 6.69. The summed E-state index contributed by atoms with van der Waals surface area (Å²) in [5, 5.41) is 15.8. The predicted molar refractivity (Wildman–Crippen MR) is 146 cm³/mol. The van der Waals surface area contributed by atoms with Crippen molar-refractivity contribution in [3.63, 3.8) is 0 Å². The van der Waals surface area contributed by atoms with Crippen molar-refractivity contribution in [2.24, 2.45) is 0 Å². The maximum absolute atomic E-state index is 13.7. The molecule has 41 heavy (non-hydrogen) atoms. The van der Waals surface area contributed by atoms with Crippen LogP contribution in [0, 0.1) is 11.6 Å². The lowest BCUT2D eigenvalue weighted by atomic mass is 10.0. The Morgan fingerprint density at radius 2 is 1.90 bits per heavy atom. The minimum absolute atomic E-state index is 0.0113. The number of methoxy groups -OCH3 is 2. The van der Waals surface area contributed by atoms with E-state index in [0.717, 1.165) is 30.7 Å². The first-order chi connectivity index (χ1) is 19.8. The van der Waals surface area contributed by atoms with Gasteiger partial charge in [-0.3, -0.25) is 14.4 Å². The Hall–Kier alpha value is -3.74. The zero-order chi connectivity index (χ0) is 29.2. The van der Waals surface area contributed by atoms with Gasteiger partial charge in [-0.2, -0.15) is 5.10 Å². The molecule has 1 saturated heterocycles. The lowest BCUT2D eigenvalue weighted by Crippen LogP contribution is -2.52. The first kappa shape index (κ1) is 30.2. The molecule has 1 fully saturated rings. The molecule has 0 radical (unpaired) electrons. The van der Waals surface area contributed by atoms with Gasteiger partial charge in [0, 0.05) is 64.7 Å². The number of aromatic nitrogens is 2. The molecule has 0 spiro atoms. The fourth-order valence-corrected chi connectivity index (χ4v) is 4.71. The summed E-state index contributed by atoms with van der Waals surface area (Å²) in [5.74, 6) is -1.02. The van der Waals surface area contributed by atoms with Gasteiger partial charge in [0.25, 0.3) is 0 Å². The molecule has 1 aromatic heterocycles. The van der Waals surface area contributed by atoms with Crippen LogP contribution in [-0.2, 0) is 22.6 Å². The Morgan fingerprint density at radius 1 is 1.05 bits per heavy atom. The molecule has 0 aliphatic carbocycles. The summed E-state index contributed by atoms with van der Waals surface area (Å²) in [6.07, 6.45) is 4.40. The lowest BCUT2D eigenvalue weighted by molar-refractivity contribution is -0.138. The van der Waals surface area contributed by atoms with Crippen LogP contribution in [0.25, 0.3) is 0 Å². The van der Waals surface area contributed by atoms with Crippen LogP contribution in [0.1, 0.15) is 12.0 Å². The number of halogens is 2. The van der Waals surface area contributed by atoms with E-state index in [1.54, 1.807) is 13.3 Å². The topological polar surface area (TPSA) is 98.5 Å². The third kappa shape index (κ3) is 8.62. The van der Waals surface area contributed by atoms with E-state index in [-0.39, 0.29) is 38.0 Å². The Balaban J connectivity index is 1.45. The Kier molecular flexibility index (Phi) is 10.5. The number of ether oxygens (including phenoxy) is 4. The van der Waals surface area contributed by atoms with Crippen molar-refractivity contribution < 1.29 is 37.6 Å². The van der Waals surface area contributed by atoms with Crippen LogP contribution in [0.2, 0.25) is 0 Å². The highest BCUT2D eigenvalue weighted by Gasteiger charge is 2.37. The zero-order valence-corrected chi connectivity index (χ0v) is 23.3. The summed E-state index contributed by atoms with van der Waals surface area (Å²) < 4.78 is 51.1. The molecule has 1 atom stereocenters. The third-order valence-electron chi connectivity index (χ3n) is 6.69. The number of carbonyl (C=O) groups is 1. The van der Waals surface area contributed by atoms with Gasteiger partial charge < -0.3 is 29.0 Å². The van der Waals surface area contributed by atoms with Gasteiger partial charge in [-0.15, -0.1) is 0 Å². The van der Waals surface area contributed by atoms with Crippen LogP contribution in [0.5, 0.6) is 17.2 Å². The molecule has 2 heterocycles. The normalized spacial score (nSPS) is 17.7. The van der Waals surface area contributed by atoms with Gasteiger partial charge in [0.05, 0.1) is 20.3 Å². The maximum Gasteiger partial charge on any atom is 0.248 e. The number of benzene rings is 2. The molecule has 0 unspecified atom stereocenters. The van der Waals surface area contributed by atoms with Crippen LogP contribution in [0.3, 0.4) is 0 Å². The van der Waals surface area contributed by atoms with Gasteiger partial charge in [0.1, 0.15) is 24.6 Å². The van der Waals surface area contributed by atoms with E-state index < -0.39 is 17.2 Å². The number of aliphatic hydroxyl groups is 1. The summed E-state index contributed by atoms with van der Waals surface area (Å²) in [6.45, 7) is 2.29. The molecule has 3 aromatic rings. The minimum atomic E-state index is -1.50. The zero-order valence-electron chi connectivity index (χ0n) is 23.3. The van der Waals surface area contributed by atoms with E-state index in [9.17, 15) is 18.7 Å². The Bertz CT molecular complexity index is 1280. The van der Waals surface area contributed by atoms with E-state index in [4.69, 9.17) is 18.9 Å². The monoisotopic (exact) mass is 574 g/mol. The number of β-amino-alcohol motifs (C(OH)–C–C–N with tert-alkyl or cyclic N) is 1. The summed E-state index contributed by atoms with van der Waals surface area (Å²) >= 11 is 0. The molecule has 0 bridgehead atoms. The summed E-state index contributed by atoms with van der Waals surface area (Å²) in [4.78, 5) is 16.2. The molecule has 4 rings (SSSR count). The van der Waals surface area contributed by atoms with Crippen molar-refractivity contribution in [1.82, 2.24) is 19.6 Å². The van der Waals surface area contributed by atoms with Crippen molar-refractivity contribution in [3.05, 3.63) is 72.1 Å². The SMILES string of the molecule is COCC(=O)N1CCN(Cc2ccc(OC)c(OCCCn3cccn3)c2)C[C@@](O)(COc2ccc(F)c(F)c2)C1. The Morgan fingerprint density at radius 3 is 2.63 bits per heavy atom. The van der Waals surface area contributed by atoms with E-state index in [1.807, 2.05) is 40.0 Å². The smallest absolute Gasteiger partial charge is 0.248 e. The second-order valence-corrected chi connectivity index (χ2v) is 10.0. The molecule has 1 aliphatic heterocycles. The highest BCUT2D eigenvalue weighted by Crippen LogP contribution is 2.29. The van der Waals surface area contributed by atoms with E-state index in [0.29, 0.717) is 37.7 Å². The van der Waals surface area contributed by atoms with Gasteiger partial charge in [-0.05, 0) is 35.9 Å². The largest absolute Gasteiger partial charge is 0.493 e. The highest BCUT2D eigenvalue weighted by atomic mass is 19.2. The summed E-state index contributed by atoms with van der Waals surface area (Å²) in [7, 11) is 3.01. The average Bonchev–Trinajstić information content (AvgIpc) is 3.42. The van der Waals surface area contributed by atoms with Crippen molar-refractivity contribution >= 4 is 5.91 Å². The van der Waals surface area contributed by atoms with Crippen LogP contribution in [-0.4, -0.2) is 96.4 Å². The number of hydrogen-bond acceptors (Lipinski definition) is 8. The van der Waals surface area contributed by atoms with Crippen LogP contribution in [0.15, 0.2) is 54.9 Å². The molecular weight excluding hydrogens is 538 g/mol. The maximum atomic E-state index is 13.7. The quantitative estimate of drug-likeness (QED) is 0.312. The number of amides is 1. The number of aryl methyl sites for hydroxylation is 1. The number of carbonyl (C=O) groups excluding carboxylic acids is 1. The Labute approximate surface area is 238 Å². The lowest BCUT2D eigenvalue weighted by Gasteiger charge is -2.33. The van der Waals surface area contributed by atoms with E-state index in [2.05, 4.69) is 5.10 Å². The second-order valence-electron chi connectivity index (χ2n) is 10.0. The van der Waals surface area contributed by atoms with Gasteiger partial charge in [-0.25, -0.2) is 8.78 Å². The van der Waals surface area contributed by atoms with Gasteiger partial charge in [0.2, 0.25) is 5.91 Å². The number of hydrogen-bond donors (Lipinski definition) is 1. The first-order valence-electron chi connectivity index (χ1n) is 13.3. The van der Waals surface area contributed by atoms with Crippen molar-refractivity contribution in [3.8, 4) is 17.2 Å². The second kappa shape index (κ2) is 14.2. The molecular formula is C29H36F2N4O6. The van der Waals surface area contributed by atoms with Crippen LogP contribution < -0.4 is 14.2 Å². The molecule has 12 heteroatoms. The van der Waals surface area contributed by atoms with Crippen LogP contribution in [0.4, 0.5) is 8.78 Å². The average molecular weight is 575 g/mol.